The maximum Gasteiger partial charge on any atom is 0.254 e. The molecule has 6 nitrogen and oxygen atoms in total. The first kappa shape index (κ1) is 20.8. The fourth-order valence-electron chi connectivity index (χ4n) is 2.77. The van der Waals surface area contributed by atoms with Crippen molar-refractivity contribution in [3.8, 4) is 11.5 Å². The molecule has 6 heteroatoms. The maximum atomic E-state index is 12.8. The van der Waals surface area contributed by atoms with Crippen molar-refractivity contribution in [3.05, 3.63) is 35.4 Å². The molecule has 1 fully saturated rings. The van der Waals surface area contributed by atoms with Crippen LogP contribution >= 0.6 is 0 Å². The first-order valence-electron chi connectivity index (χ1n) is 9.16. The summed E-state index contributed by atoms with van der Waals surface area (Å²) in [5.74, 6) is 1.07. The normalized spacial score (nSPS) is 15.6. The second kappa shape index (κ2) is 8.46. The van der Waals surface area contributed by atoms with E-state index in [2.05, 4.69) is 20.8 Å². The SMILES string of the molecule is COc1ccc(C(=O)N2CCN(C(=O)/C=C(\C)C(C)(C)C)CC2)cc1OC. The number of benzene rings is 1. The molecule has 148 valence electrons. The lowest BCUT2D eigenvalue weighted by molar-refractivity contribution is -0.127. The predicted molar refractivity (Wildman–Crippen MR) is 105 cm³/mol. The van der Waals surface area contributed by atoms with Crippen LogP contribution in [0.25, 0.3) is 0 Å². The lowest BCUT2D eigenvalue weighted by Crippen LogP contribution is -2.50. The van der Waals surface area contributed by atoms with E-state index in [1.165, 1.54) is 0 Å². The molecule has 2 amide bonds. The molecule has 0 spiro atoms. The van der Waals surface area contributed by atoms with E-state index in [0.29, 0.717) is 43.2 Å². The highest BCUT2D eigenvalue weighted by molar-refractivity contribution is 5.95. The van der Waals surface area contributed by atoms with Crippen molar-refractivity contribution in [1.29, 1.82) is 0 Å². The highest BCUT2D eigenvalue weighted by Gasteiger charge is 2.25. The Labute approximate surface area is 161 Å². The highest BCUT2D eigenvalue weighted by Crippen LogP contribution is 2.28. The first-order chi connectivity index (χ1) is 12.7. The van der Waals surface area contributed by atoms with Crippen LogP contribution in [0.1, 0.15) is 38.1 Å². The molecule has 1 aliphatic heterocycles. The number of allylic oxidation sites excluding steroid dienone is 1. The number of methoxy groups -OCH3 is 2. The third-order valence-corrected chi connectivity index (χ3v) is 5.03. The third kappa shape index (κ3) is 5.02. The van der Waals surface area contributed by atoms with E-state index in [1.54, 1.807) is 48.3 Å². The summed E-state index contributed by atoms with van der Waals surface area (Å²) >= 11 is 0. The van der Waals surface area contributed by atoms with Gasteiger partial charge in [0.25, 0.3) is 5.91 Å². The van der Waals surface area contributed by atoms with Crippen LogP contribution < -0.4 is 9.47 Å². The van der Waals surface area contributed by atoms with E-state index in [4.69, 9.17) is 9.47 Å². The first-order valence-corrected chi connectivity index (χ1v) is 9.16. The van der Waals surface area contributed by atoms with Gasteiger partial charge in [0.2, 0.25) is 5.91 Å². The minimum absolute atomic E-state index is 0.0145. The summed E-state index contributed by atoms with van der Waals surface area (Å²) in [7, 11) is 3.11. The zero-order valence-electron chi connectivity index (χ0n) is 17.2. The van der Waals surface area contributed by atoms with Crippen molar-refractivity contribution in [3.63, 3.8) is 0 Å². The average molecular weight is 374 g/mol. The van der Waals surface area contributed by atoms with Crippen LogP contribution in [0, 0.1) is 5.41 Å². The standard InChI is InChI=1S/C21H30N2O4/c1-15(21(2,3)4)13-19(24)22-9-11-23(12-10-22)20(25)16-7-8-17(26-5)18(14-16)27-6/h7-8,13-14H,9-12H2,1-6H3/b15-13+. The zero-order chi connectivity index (χ0) is 20.2. The third-order valence-electron chi connectivity index (χ3n) is 5.03. The predicted octanol–water partition coefficient (Wildman–Crippen LogP) is 2.98. The number of nitrogens with zero attached hydrogens (tertiary/aromatic N) is 2. The number of hydrogen-bond donors (Lipinski definition) is 0. The number of carbonyl (C=O) groups excluding carboxylic acids is 2. The summed E-state index contributed by atoms with van der Waals surface area (Å²) in [6.07, 6.45) is 1.71. The van der Waals surface area contributed by atoms with Gasteiger partial charge in [0, 0.05) is 37.8 Å². The van der Waals surface area contributed by atoms with Crippen molar-refractivity contribution in [2.45, 2.75) is 27.7 Å². The molecule has 1 saturated heterocycles. The van der Waals surface area contributed by atoms with E-state index in [-0.39, 0.29) is 17.2 Å². The second-order valence-electron chi connectivity index (χ2n) is 7.76. The highest BCUT2D eigenvalue weighted by atomic mass is 16.5. The fraction of sp³-hybridized carbons (Fsp3) is 0.524. The van der Waals surface area contributed by atoms with Gasteiger partial charge in [-0.25, -0.2) is 0 Å². The Bertz CT molecular complexity index is 726. The molecule has 0 saturated carbocycles. The number of hydrogen-bond acceptors (Lipinski definition) is 4. The largest absolute Gasteiger partial charge is 0.493 e. The molecule has 2 rings (SSSR count). The Hall–Kier alpha value is -2.50. The molecule has 0 aliphatic carbocycles. The van der Waals surface area contributed by atoms with Gasteiger partial charge in [-0.2, -0.15) is 0 Å². The van der Waals surface area contributed by atoms with Gasteiger partial charge in [-0.05, 0) is 30.5 Å². The van der Waals surface area contributed by atoms with Gasteiger partial charge in [0.1, 0.15) is 0 Å². The van der Waals surface area contributed by atoms with Crippen LogP contribution in [0.5, 0.6) is 11.5 Å². The molecule has 1 aromatic carbocycles. The van der Waals surface area contributed by atoms with Gasteiger partial charge in [0.05, 0.1) is 14.2 Å². The summed E-state index contributed by atoms with van der Waals surface area (Å²) in [6, 6.07) is 5.15. The summed E-state index contributed by atoms with van der Waals surface area (Å²) in [6.45, 7) is 10.3. The summed E-state index contributed by atoms with van der Waals surface area (Å²) in [5, 5.41) is 0. The molecule has 0 atom stereocenters. The minimum Gasteiger partial charge on any atom is -0.493 e. The smallest absolute Gasteiger partial charge is 0.254 e. The molecule has 27 heavy (non-hydrogen) atoms. The van der Waals surface area contributed by atoms with Crippen LogP contribution in [0.2, 0.25) is 0 Å². The summed E-state index contributed by atoms with van der Waals surface area (Å²) in [4.78, 5) is 28.8. The summed E-state index contributed by atoms with van der Waals surface area (Å²) in [5.41, 5.74) is 1.58. The van der Waals surface area contributed by atoms with Gasteiger partial charge < -0.3 is 19.3 Å². The van der Waals surface area contributed by atoms with Gasteiger partial charge in [-0.1, -0.05) is 26.3 Å². The van der Waals surface area contributed by atoms with Crippen molar-refractivity contribution in [2.75, 3.05) is 40.4 Å². The monoisotopic (exact) mass is 374 g/mol. The Balaban J connectivity index is 2.01. The second-order valence-corrected chi connectivity index (χ2v) is 7.76. The Kier molecular flexibility index (Phi) is 6.52. The number of piperazine rings is 1. The van der Waals surface area contributed by atoms with Crippen molar-refractivity contribution in [1.82, 2.24) is 9.80 Å². The molecule has 1 aliphatic rings. The van der Waals surface area contributed by atoms with Crippen molar-refractivity contribution >= 4 is 11.8 Å². The molecule has 0 aromatic heterocycles. The molecule has 1 aromatic rings. The molecule has 0 N–H and O–H groups in total. The molecule has 1 heterocycles. The minimum atomic E-state index is -0.0653. The van der Waals surface area contributed by atoms with Crippen LogP contribution in [0.3, 0.4) is 0 Å². The van der Waals surface area contributed by atoms with E-state index in [1.807, 2.05) is 6.92 Å². The Morgan fingerprint density at radius 1 is 0.963 bits per heavy atom. The van der Waals surface area contributed by atoms with Crippen LogP contribution in [0.4, 0.5) is 0 Å². The quantitative estimate of drug-likeness (QED) is 0.760. The number of rotatable bonds is 4. The van der Waals surface area contributed by atoms with E-state index < -0.39 is 0 Å². The van der Waals surface area contributed by atoms with Gasteiger partial charge >= 0.3 is 0 Å². The molecule has 0 bridgehead atoms. The zero-order valence-corrected chi connectivity index (χ0v) is 17.2. The Morgan fingerprint density at radius 2 is 1.52 bits per heavy atom. The van der Waals surface area contributed by atoms with Crippen LogP contribution in [-0.2, 0) is 4.79 Å². The van der Waals surface area contributed by atoms with E-state index in [9.17, 15) is 9.59 Å². The maximum absolute atomic E-state index is 12.8. The van der Waals surface area contributed by atoms with Crippen LogP contribution in [0.15, 0.2) is 29.8 Å². The Morgan fingerprint density at radius 3 is 2.04 bits per heavy atom. The molecular formula is C21H30N2O4. The van der Waals surface area contributed by atoms with Crippen molar-refractivity contribution in [2.24, 2.45) is 5.41 Å². The number of carbonyl (C=O) groups is 2. The number of amides is 2. The topological polar surface area (TPSA) is 59.1 Å². The van der Waals surface area contributed by atoms with Gasteiger partial charge in [-0.15, -0.1) is 0 Å². The fourth-order valence-corrected chi connectivity index (χ4v) is 2.77. The molecule has 0 unspecified atom stereocenters. The average Bonchev–Trinajstić information content (AvgIpc) is 2.66. The lowest BCUT2D eigenvalue weighted by Gasteiger charge is -2.34. The molecular weight excluding hydrogens is 344 g/mol. The van der Waals surface area contributed by atoms with E-state index >= 15 is 0 Å². The van der Waals surface area contributed by atoms with Gasteiger partial charge in [-0.3, -0.25) is 9.59 Å². The summed E-state index contributed by atoms with van der Waals surface area (Å²) < 4.78 is 10.5. The lowest BCUT2D eigenvalue weighted by atomic mass is 9.87. The van der Waals surface area contributed by atoms with Crippen LogP contribution in [-0.4, -0.2) is 62.0 Å². The van der Waals surface area contributed by atoms with E-state index in [0.717, 1.165) is 5.57 Å². The molecule has 0 radical (unpaired) electrons. The number of ether oxygens (including phenoxy) is 2. The van der Waals surface area contributed by atoms with Crippen molar-refractivity contribution < 1.29 is 19.1 Å². The van der Waals surface area contributed by atoms with Gasteiger partial charge in [0.15, 0.2) is 11.5 Å².